The van der Waals surface area contributed by atoms with Crippen molar-refractivity contribution in [3.8, 4) is 16.9 Å². The Labute approximate surface area is 129 Å². The molecule has 0 bridgehead atoms. The monoisotopic (exact) mass is 285 g/mol. The van der Waals surface area contributed by atoms with Gasteiger partial charge in [0.05, 0.1) is 18.1 Å². The lowest BCUT2D eigenvalue weighted by atomic mass is 9.96. The summed E-state index contributed by atoms with van der Waals surface area (Å²) in [5.41, 5.74) is 4.44. The number of methoxy groups -OCH3 is 1. The van der Waals surface area contributed by atoms with Gasteiger partial charge >= 0.3 is 0 Å². The van der Waals surface area contributed by atoms with Crippen LogP contribution in [0.5, 0.6) is 5.75 Å². The maximum atomic E-state index is 5.27. The molecule has 1 aromatic heterocycles. The van der Waals surface area contributed by atoms with Crippen molar-refractivity contribution in [3.63, 3.8) is 0 Å². The number of nitrogens with zero attached hydrogens (tertiary/aromatic N) is 1. The second kappa shape index (κ2) is 5.15. The normalized spacial score (nSPS) is 11.0. The van der Waals surface area contributed by atoms with Gasteiger partial charge < -0.3 is 4.74 Å². The molecule has 0 spiro atoms. The largest absolute Gasteiger partial charge is 0.497 e. The van der Waals surface area contributed by atoms with E-state index in [-0.39, 0.29) is 0 Å². The highest BCUT2D eigenvalue weighted by atomic mass is 16.5. The van der Waals surface area contributed by atoms with Crippen LogP contribution in [0.3, 0.4) is 0 Å². The quantitative estimate of drug-likeness (QED) is 0.480. The van der Waals surface area contributed by atoms with Gasteiger partial charge in [0.15, 0.2) is 0 Å². The average molecular weight is 285 g/mol. The fourth-order valence-electron chi connectivity index (χ4n) is 2.91. The molecule has 1 heterocycles. The van der Waals surface area contributed by atoms with Gasteiger partial charge in [0, 0.05) is 16.3 Å². The van der Waals surface area contributed by atoms with Crippen molar-refractivity contribution in [3.05, 3.63) is 72.8 Å². The van der Waals surface area contributed by atoms with Crippen molar-refractivity contribution in [1.82, 2.24) is 4.98 Å². The van der Waals surface area contributed by atoms with Crippen LogP contribution in [0.25, 0.3) is 32.9 Å². The van der Waals surface area contributed by atoms with E-state index < -0.39 is 0 Å². The first-order chi connectivity index (χ1) is 10.9. The molecule has 2 heteroatoms. The number of rotatable bonds is 2. The van der Waals surface area contributed by atoms with Crippen molar-refractivity contribution < 1.29 is 4.74 Å². The van der Waals surface area contributed by atoms with E-state index in [1.165, 1.54) is 21.9 Å². The maximum Gasteiger partial charge on any atom is 0.118 e. The van der Waals surface area contributed by atoms with Crippen molar-refractivity contribution in [2.24, 2.45) is 0 Å². The van der Waals surface area contributed by atoms with E-state index in [0.717, 1.165) is 16.8 Å². The van der Waals surface area contributed by atoms with Crippen LogP contribution in [0.4, 0.5) is 0 Å². The smallest absolute Gasteiger partial charge is 0.118 e. The number of ether oxygens (including phenoxy) is 1. The first-order valence-electron chi connectivity index (χ1n) is 7.29. The first kappa shape index (κ1) is 12.8. The third-order valence-corrected chi connectivity index (χ3v) is 3.97. The molecule has 0 N–H and O–H groups in total. The Morgan fingerprint density at radius 2 is 1.23 bits per heavy atom. The molecule has 106 valence electrons. The van der Waals surface area contributed by atoms with Crippen LogP contribution >= 0.6 is 0 Å². The second-order valence-corrected chi connectivity index (χ2v) is 5.25. The van der Waals surface area contributed by atoms with Crippen LogP contribution in [0.2, 0.25) is 0 Å². The molecule has 0 amide bonds. The van der Waals surface area contributed by atoms with Crippen LogP contribution in [-0.2, 0) is 0 Å². The minimum atomic E-state index is 0.867. The molecular formula is C20H15NO. The highest BCUT2D eigenvalue weighted by Crippen LogP contribution is 2.35. The zero-order chi connectivity index (χ0) is 14.9. The summed E-state index contributed by atoms with van der Waals surface area (Å²) in [6.07, 6.45) is 0. The molecule has 0 radical (unpaired) electrons. The zero-order valence-electron chi connectivity index (χ0n) is 12.3. The van der Waals surface area contributed by atoms with E-state index >= 15 is 0 Å². The van der Waals surface area contributed by atoms with E-state index in [1.54, 1.807) is 7.11 Å². The predicted octanol–water partition coefficient (Wildman–Crippen LogP) is 5.06. The molecule has 4 rings (SSSR count). The van der Waals surface area contributed by atoms with Crippen molar-refractivity contribution in [1.29, 1.82) is 0 Å². The fourth-order valence-corrected chi connectivity index (χ4v) is 2.91. The minimum absolute atomic E-state index is 0.867. The van der Waals surface area contributed by atoms with Crippen LogP contribution < -0.4 is 4.74 Å². The molecule has 0 fully saturated rings. The molecule has 2 nitrogen and oxygen atoms in total. The summed E-state index contributed by atoms with van der Waals surface area (Å²) in [5.74, 6) is 0.867. The number of hydrogen-bond donors (Lipinski definition) is 0. The molecule has 0 aliphatic carbocycles. The van der Waals surface area contributed by atoms with E-state index in [1.807, 2.05) is 24.3 Å². The number of aromatic nitrogens is 1. The van der Waals surface area contributed by atoms with Crippen LogP contribution in [-0.4, -0.2) is 12.1 Å². The number of pyridine rings is 1. The molecule has 0 unspecified atom stereocenters. The number of para-hydroxylation sites is 2. The Kier molecular flexibility index (Phi) is 3.01. The Morgan fingerprint density at radius 1 is 0.682 bits per heavy atom. The molecule has 22 heavy (non-hydrogen) atoms. The molecule has 3 aromatic carbocycles. The summed E-state index contributed by atoms with van der Waals surface area (Å²) in [7, 11) is 1.69. The van der Waals surface area contributed by atoms with Gasteiger partial charge in [-0.25, -0.2) is 4.98 Å². The van der Waals surface area contributed by atoms with Crippen molar-refractivity contribution >= 4 is 21.8 Å². The Bertz CT molecular complexity index is 904. The topological polar surface area (TPSA) is 22.1 Å². The summed E-state index contributed by atoms with van der Waals surface area (Å²) in [6.45, 7) is 0. The summed E-state index contributed by atoms with van der Waals surface area (Å²) in [4.78, 5) is 4.77. The number of fused-ring (bicyclic) bond motifs is 2. The minimum Gasteiger partial charge on any atom is -0.497 e. The van der Waals surface area contributed by atoms with Crippen LogP contribution in [0.15, 0.2) is 72.8 Å². The average Bonchev–Trinajstić information content (AvgIpc) is 2.60. The van der Waals surface area contributed by atoms with Gasteiger partial charge in [-0.15, -0.1) is 0 Å². The Balaban J connectivity index is 2.11. The van der Waals surface area contributed by atoms with Gasteiger partial charge in [-0.3, -0.25) is 0 Å². The maximum absolute atomic E-state index is 5.27. The molecule has 0 aliphatic rings. The van der Waals surface area contributed by atoms with Gasteiger partial charge in [0.1, 0.15) is 5.75 Å². The summed E-state index contributed by atoms with van der Waals surface area (Å²) in [6, 6.07) is 24.8. The standard InChI is InChI=1S/C20H15NO/c1-22-15-12-10-14(11-13-15)20-16-6-2-4-8-18(16)21-19-9-5-3-7-17(19)20/h2-13H,1H3. The van der Waals surface area contributed by atoms with Gasteiger partial charge in [0.25, 0.3) is 0 Å². The molecule has 4 aromatic rings. The summed E-state index contributed by atoms with van der Waals surface area (Å²) < 4.78 is 5.27. The Morgan fingerprint density at radius 3 is 1.77 bits per heavy atom. The lowest BCUT2D eigenvalue weighted by Gasteiger charge is -2.11. The molecular weight excluding hydrogens is 270 g/mol. The first-order valence-corrected chi connectivity index (χ1v) is 7.29. The van der Waals surface area contributed by atoms with E-state index in [2.05, 4.69) is 48.5 Å². The lowest BCUT2D eigenvalue weighted by Crippen LogP contribution is -1.89. The molecule has 0 saturated carbocycles. The lowest BCUT2D eigenvalue weighted by molar-refractivity contribution is 0.415. The number of benzene rings is 3. The van der Waals surface area contributed by atoms with Crippen LogP contribution in [0.1, 0.15) is 0 Å². The van der Waals surface area contributed by atoms with E-state index in [4.69, 9.17) is 9.72 Å². The zero-order valence-corrected chi connectivity index (χ0v) is 12.3. The van der Waals surface area contributed by atoms with Gasteiger partial charge in [-0.05, 0) is 29.8 Å². The van der Waals surface area contributed by atoms with Gasteiger partial charge in [-0.2, -0.15) is 0 Å². The third kappa shape index (κ3) is 2.01. The van der Waals surface area contributed by atoms with Crippen LogP contribution in [0, 0.1) is 0 Å². The second-order valence-electron chi connectivity index (χ2n) is 5.25. The van der Waals surface area contributed by atoms with Gasteiger partial charge in [0.2, 0.25) is 0 Å². The third-order valence-electron chi connectivity index (χ3n) is 3.97. The van der Waals surface area contributed by atoms with E-state index in [9.17, 15) is 0 Å². The highest BCUT2D eigenvalue weighted by molar-refractivity contribution is 6.09. The summed E-state index contributed by atoms with van der Waals surface area (Å²) in [5, 5.41) is 2.35. The molecule has 0 atom stereocenters. The van der Waals surface area contributed by atoms with Crippen molar-refractivity contribution in [2.45, 2.75) is 0 Å². The molecule has 0 saturated heterocycles. The SMILES string of the molecule is COc1ccc(-c2c3ccccc3nc3ccccc23)cc1. The van der Waals surface area contributed by atoms with E-state index in [0.29, 0.717) is 0 Å². The van der Waals surface area contributed by atoms with Crippen molar-refractivity contribution in [2.75, 3.05) is 7.11 Å². The predicted molar refractivity (Wildman–Crippen MR) is 91.2 cm³/mol. The number of hydrogen-bond acceptors (Lipinski definition) is 2. The highest BCUT2D eigenvalue weighted by Gasteiger charge is 2.10. The molecule has 0 aliphatic heterocycles. The van der Waals surface area contributed by atoms with Gasteiger partial charge in [-0.1, -0.05) is 48.5 Å². The fraction of sp³-hybridized carbons (Fsp3) is 0.0500. The Hall–Kier alpha value is -2.87. The summed E-state index contributed by atoms with van der Waals surface area (Å²) >= 11 is 0.